The fraction of sp³-hybridized carbons (Fsp3) is 0.125. The van der Waals surface area contributed by atoms with E-state index in [1.54, 1.807) is 6.20 Å². The van der Waals surface area contributed by atoms with Crippen molar-refractivity contribution in [3.05, 3.63) is 28.9 Å². The first-order valence-electron chi connectivity index (χ1n) is 3.75. The van der Waals surface area contributed by atoms with Crippen LogP contribution in [0, 0.1) is 11.3 Å². The molecule has 0 atom stereocenters. The highest BCUT2D eigenvalue weighted by atomic mass is 35.5. The van der Waals surface area contributed by atoms with Gasteiger partial charge >= 0.3 is 0 Å². The zero-order valence-corrected chi connectivity index (χ0v) is 8.42. The van der Waals surface area contributed by atoms with Crippen LogP contribution in [0.2, 0.25) is 5.28 Å². The lowest BCUT2D eigenvalue weighted by atomic mass is 10.4. The quantitative estimate of drug-likeness (QED) is 0.552. The standard InChI is InChI=1S/C8H4Cl2N4/c9-1-6-4-14-7(13-6)5(2-11)3-12-8(14)10/h3-4H,1H2. The molecular formula is C8H4Cl2N4. The molecule has 2 rings (SSSR count). The van der Waals surface area contributed by atoms with Crippen molar-refractivity contribution in [2.45, 2.75) is 5.88 Å². The van der Waals surface area contributed by atoms with Crippen molar-refractivity contribution in [2.75, 3.05) is 0 Å². The monoisotopic (exact) mass is 226 g/mol. The van der Waals surface area contributed by atoms with Gasteiger partial charge in [0.15, 0.2) is 5.65 Å². The summed E-state index contributed by atoms with van der Waals surface area (Å²) in [5.74, 6) is 0.281. The number of fused-ring (bicyclic) bond motifs is 1. The summed E-state index contributed by atoms with van der Waals surface area (Å²) in [6.07, 6.45) is 3.06. The van der Waals surface area contributed by atoms with Crippen LogP contribution in [0.25, 0.3) is 5.65 Å². The van der Waals surface area contributed by atoms with Crippen LogP contribution in [0.4, 0.5) is 0 Å². The number of halogens is 2. The molecule has 0 bridgehead atoms. The van der Waals surface area contributed by atoms with Gasteiger partial charge in [-0.15, -0.1) is 11.6 Å². The van der Waals surface area contributed by atoms with Gasteiger partial charge in [0.05, 0.1) is 17.8 Å². The van der Waals surface area contributed by atoms with Gasteiger partial charge in [0.1, 0.15) is 11.6 Å². The Morgan fingerprint density at radius 1 is 1.57 bits per heavy atom. The molecule has 6 heteroatoms. The first-order chi connectivity index (χ1) is 6.76. The predicted octanol–water partition coefficient (Wildman–Crippen LogP) is 1.99. The third-order valence-corrected chi connectivity index (χ3v) is 2.31. The Kier molecular flexibility index (Phi) is 2.28. The summed E-state index contributed by atoms with van der Waals surface area (Å²) in [7, 11) is 0. The molecular weight excluding hydrogens is 223 g/mol. The number of imidazole rings is 1. The van der Waals surface area contributed by atoms with Crippen molar-refractivity contribution >= 4 is 28.8 Å². The Morgan fingerprint density at radius 2 is 2.36 bits per heavy atom. The molecule has 0 aliphatic heterocycles. The second-order valence-electron chi connectivity index (χ2n) is 2.61. The third kappa shape index (κ3) is 1.31. The molecule has 0 radical (unpaired) electrons. The van der Waals surface area contributed by atoms with Crippen LogP contribution in [-0.2, 0) is 5.88 Å². The van der Waals surface area contributed by atoms with Gasteiger partial charge in [-0.3, -0.25) is 4.40 Å². The van der Waals surface area contributed by atoms with Crippen molar-refractivity contribution in [1.29, 1.82) is 5.26 Å². The number of hydrogen-bond donors (Lipinski definition) is 0. The molecule has 4 nitrogen and oxygen atoms in total. The second kappa shape index (κ2) is 3.45. The highest BCUT2D eigenvalue weighted by molar-refractivity contribution is 6.28. The van der Waals surface area contributed by atoms with Crippen LogP contribution in [0.15, 0.2) is 12.4 Å². The summed E-state index contributed by atoms with van der Waals surface area (Å²) in [4.78, 5) is 8.00. The van der Waals surface area contributed by atoms with E-state index in [-0.39, 0.29) is 11.2 Å². The highest BCUT2D eigenvalue weighted by Crippen LogP contribution is 2.15. The van der Waals surface area contributed by atoms with Gasteiger partial charge in [-0.2, -0.15) is 5.26 Å². The maximum Gasteiger partial charge on any atom is 0.208 e. The molecule has 2 aromatic rings. The second-order valence-corrected chi connectivity index (χ2v) is 3.22. The molecule has 0 fully saturated rings. The minimum absolute atomic E-state index is 0.267. The fourth-order valence-corrected chi connectivity index (χ4v) is 1.45. The number of alkyl halides is 1. The lowest BCUT2D eigenvalue weighted by Crippen LogP contribution is -1.92. The van der Waals surface area contributed by atoms with Gasteiger partial charge in [-0.05, 0) is 11.6 Å². The minimum atomic E-state index is 0.267. The molecule has 0 aromatic carbocycles. The predicted molar refractivity (Wildman–Crippen MR) is 52.3 cm³/mol. The van der Waals surface area contributed by atoms with E-state index in [1.807, 2.05) is 6.07 Å². The van der Waals surface area contributed by atoms with Gasteiger partial charge in [-0.1, -0.05) is 0 Å². The van der Waals surface area contributed by atoms with E-state index >= 15 is 0 Å². The molecule has 2 aromatic heterocycles. The summed E-state index contributed by atoms with van der Waals surface area (Å²) in [5, 5.41) is 9.06. The number of rotatable bonds is 1. The summed E-state index contributed by atoms with van der Waals surface area (Å²) < 4.78 is 1.54. The van der Waals surface area contributed by atoms with E-state index in [1.165, 1.54) is 10.6 Å². The normalized spacial score (nSPS) is 10.4. The molecule has 0 N–H and O–H groups in total. The Bertz CT molecular complexity index is 526. The van der Waals surface area contributed by atoms with Crippen LogP contribution in [0.3, 0.4) is 0 Å². The van der Waals surface area contributed by atoms with Crippen LogP contribution >= 0.6 is 23.2 Å². The van der Waals surface area contributed by atoms with E-state index in [4.69, 9.17) is 28.5 Å². The van der Waals surface area contributed by atoms with Gasteiger partial charge in [-0.25, -0.2) is 9.97 Å². The maximum atomic E-state index is 8.79. The molecule has 0 spiro atoms. The molecule has 0 aliphatic carbocycles. The molecule has 0 unspecified atom stereocenters. The SMILES string of the molecule is N#Cc1cnc(Cl)n2cc(CCl)nc12. The fourth-order valence-electron chi connectivity index (χ4n) is 1.14. The smallest absolute Gasteiger partial charge is 0.208 e. The average molecular weight is 227 g/mol. The third-order valence-electron chi connectivity index (χ3n) is 1.75. The zero-order valence-electron chi connectivity index (χ0n) is 6.91. The van der Waals surface area contributed by atoms with Gasteiger partial charge in [0, 0.05) is 6.20 Å². The van der Waals surface area contributed by atoms with Crippen LogP contribution in [0.5, 0.6) is 0 Å². The van der Waals surface area contributed by atoms with E-state index in [0.717, 1.165) is 0 Å². The molecule has 70 valence electrons. The topological polar surface area (TPSA) is 54.0 Å². The van der Waals surface area contributed by atoms with Crippen LogP contribution in [-0.4, -0.2) is 14.4 Å². The maximum absolute atomic E-state index is 8.79. The molecule has 2 heterocycles. The van der Waals surface area contributed by atoms with E-state index in [9.17, 15) is 0 Å². The van der Waals surface area contributed by atoms with E-state index in [0.29, 0.717) is 16.9 Å². The summed E-state index contributed by atoms with van der Waals surface area (Å²) in [6, 6.07) is 1.99. The van der Waals surface area contributed by atoms with Crippen molar-refractivity contribution in [2.24, 2.45) is 0 Å². The highest BCUT2D eigenvalue weighted by Gasteiger charge is 2.08. The largest absolute Gasteiger partial charge is 0.273 e. The van der Waals surface area contributed by atoms with Gasteiger partial charge in [0.25, 0.3) is 0 Å². The Balaban J connectivity index is 2.83. The number of hydrogen-bond acceptors (Lipinski definition) is 3. The molecule has 14 heavy (non-hydrogen) atoms. The Hall–Kier alpha value is -1.31. The first kappa shape index (κ1) is 9.25. The van der Waals surface area contributed by atoms with E-state index < -0.39 is 0 Å². The van der Waals surface area contributed by atoms with E-state index in [2.05, 4.69) is 9.97 Å². The number of nitrogens with zero attached hydrogens (tertiary/aromatic N) is 4. The molecule has 0 saturated carbocycles. The number of nitriles is 1. The zero-order chi connectivity index (χ0) is 10.1. The average Bonchev–Trinajstić information content (AvgIpc) is 2.63. The van der Waals surface area contributed by atoms with Gasteiger partial charge in [0.2, 0.25) is 5.28 Å². The van der Waals surface area contributed by atoms with Crippen LogP contribution in [0.1, 0.15) is 11.3 Å². The summed E-state index contributed by atoms with van der Waals surface area (Å²) in [5.41, 5.74) is 1.53. The van der Waals surface area contributed by atoms with Crippen LogP contribution < -0.4 is 0 Å². The van der Waals surface area contributed by atoms with Gasteiger partial charge < -0.3 is 0 Å². The lowest BCUT2D eigenvalue weighted by molar-refractivity contribution is 1.08. The first-order valence-corrected chi connectivity index (χ1v) is 4.66. The Labute approximate surface area is 89.7 Å². The summed E-state index contributed by atoms with van der Waals surface area (Å²) >= 11 is 11.4. The molecule has 0 aliphatic rings. The van der Waals surface area contributed by atoms with Crippen molar-refractivity contribution in [3.8, 4) is 6.07 Å². The lowest BCUT2D eigenvalue weighted by Gasteiger charge is -1.95. The Morgan fingerprint density at radius 3 is 3.00 bits per heavy atom. The number of aromatic nitrogens is 3. The molecule has 0 saturated heterocycles. The van der Waals surface area contributed by atoms with Crippen molar-refractivity contribution in [1.82, 2.24) is 14.4 Å². The molecule has 0 amide bonds. The summed E-state index contributed by atoms with van der Waals surface area (Å²) in [6.45, 7) is 0. The van der Waals surface area contributed by atoms with Crippen molar-refractivity contribution in [3.63, 3.8) is 0 Å². The minimum Gasteiger partial charge on any atom is -0.273 e. The van der Waals surface area contributed by atoms with Crippen molar-refractivity contribution < 1.29 is 0 Å².